The second-order valence-electron chi connectivity index (χ2n) is 3.35. The quantitative estimate of drug-likeness (QED) is 0.582. The molecule has 0 atom stereocenters. The van der Waals surface area contributed by atoms with Crippen LogP contribution in [0.25, 0.3) is 0 Å². The molecule has 2 nitrogen and oxygen atoms in total. The minimum atomic E-state index is 1.00. The van der Waals surface area contributed by atoms with Gasteiger partial charge in [0.25, 0.3) is 0 Å². The van der Waals surface area contributed by atoms with Gasteiger partial charge in [0.1, 0.15) is 0 Å². The van der Waals surface area contributed by atoms with E-state index in [1.165, 1.54) is 32.1 Å². The van der Waals surface area contributed by atoms with Crippen LogP contribution in [0.5, 0.6) is 0 Å². The van der Waals surface area contributed by atoms with Gasteiger partial charge in [-0.3, -0.25) is 0 Å². The first-order valence-electron chi connectivity index (χ1n) is 5.57. The van der Waals surface area contributed by atoms with Crippen molar-refractivity contribution in [1.82, 2.24) is 0 Å². The molecule has 2 aliphatic heterocycles. The smallest absolute Gasteiger partial charge is 0.0466 e. The van der Waals surface area contributed by atoms with Crippen LogP contribution in [0.4, 0.5) is 0 Å². The van der Waals surface area contributed by atoms with E-state index in [-0.39, 0.29) is 0 Å². The molecule has 0 unspecified atom stereocenters. The highest BCUT2D eigenvalue weighted by Gasteiger charge is 1.95. The van der Waals surface area contributed by atoms with Crippen molar-refractivity contribution >= 4 is 0 Å². The lowest BCUT2D eigenvalue weighted by atomic mass is 10.4. The van der Waals surface area contributed by atoms with Crippen molar-refractivity contribution in [3.63, 3.8) is 0 Å². The predicted molar refractivity (Wildman–Crippen MR) is 56.1 cm³/mol. The van der Waals surface area contributed by atoms with Gasteiger partial charge in [-0.15, -0.1) is 0 Å². The van der Waals surface area contributed by atoms with Crippen LogP contribution in [-0.4, -0.2) is 26.4 Å². The van der Waals surface area contributed by atoms with Gasteiger partial charge in [-0.05, 0) is 25.7 Å². The highest BCUT2D eigenvalue weighted by atomic mass is 16.5. The van der Waals surface area contributed by atoms with Crippen molar-refractivity contribution in [2.75, 3.05) is 26.4 Å². The Kier molecular flexibility index (Phi) is 11.8. The summed E-state index contributed by atoms with van der Waals surface area (Å²) in [6.45, 7) is 8.25. The molecule has 0 aliphatic carbocycles. The summed E-state index contributed by atoms with van der Waals surface area (Å²) in [5.41, 5.74) is 0. The van der Waals surface area contributed by atoms with E-state index >= 15 is 0 Å². The first-order valence-corrected chi connectivity index (χ1v) is 5.57. The standard InChI is InChI=1S/2C4H8O.C3H8/c2*1-2-4-5-3-1;1-3-2/h2*1-4H2;3H2,1-2H3. The van der Waals surface area contributed by atoms with Crippen LogP contribution in [0.15, 0.2) is 0 Å². The lowest BCUT2D eigenvalue weighted by Crippen LogP contribution is -1.74. The summed E-state index contributed by atoms with van der Waals surface area (Å²) in [6.07, 6.45) is 6.36. The second kappa shape index (κ2) is 11.9. The molecule has 0 radical (unpaired) electrons. The van der Waals surface area contributed by atoms with Gasteiger partial charge in [-0.2, -0.15) is 0 Å². The SMILES string of the molecule is C1CCOC1.C1CCOC1.CCC. The minimum Gasteiger partial charge on any atom is -0.381 e. The molecule has 0 aromatic heterocycles. The molecule has 2 aliphatic rings. The minimum absolute atomic E-state index is 1.00. The third-order valence-electron chi connectivity index (χ3n) is 1.65. The molecular formula is C11H24O2. The van der Waals surface area contributed by atoms with E-state index in [1.54, 1.807) is 0 Å². The van der Waals surface area contributed by atoms with E-state index in [1.807, 2.05) is 0 Å². The molecule has 0 spiro atoms. The summed E-state index contributed by atoms with van der Waals surface area (Å²) >= 11 is 0. The fourth-order valence-corrected chi connectivity index (χ4v) is 1.02. The van der Waals surface area contributed by atoms with Crippen molar-refractivity contribution < 1.29 is 9.47 Å². The first-order chi connectivity index (χ1) is 6.41. The van der Waals surface area contributed by atoms with Gasteiger partial charge in [0.05, 0.1) is 0 Å². The topological polar surface area (TPSA) is 18.5 Å². The fraction of sp³-hybridized carbons (Fsp3) is 1.00. The van der Waals surface area contributed by atoms with Gasteiger partial charge in [-0.1, -0.05) is 20.3 Å². The normalized spacial score (nSPS) is 19.8. The van der Waals surface area contributed by atoms with Gasteiger partial charge in [0.15, 0.2) is 0 Å². The van der Waals surface area contributed by atoms with Crippen LogP contribution < -0.4 is 0 Å². The summed E-state index contributed by atoms with van der Waals surface area (Å²) in [5.74, 6) is 0. The Morgan fingerprint density at radius 2 is 0.923 bits per heavy atom. The third kappa shape index (κ3) is 11.9. The lowest BCUT2D eigenvalue weighted by molar-refractivity contribution is 0.198. The summed E-state index contributed by atoms with van der Waals surface area (Å²) in [4.78, 5) is 0. The molecule has 13 heavy (non-hydrogen) atoms. The van der Waals surface area contributed by atoms with Crippen molar-refractivity contribution in [3.8, 4) is 0 Å². The van der Waals surface area contributed by atoms with E-state index in [0.29, 0.717) is 0 Å². The highest BCUT2D eigenvalue weighted by Crippen LogP contribution is 1.98. The Labute approximate surface area is 82.6 Å². The van der Waals surface area contributed by atoms with Gasteiger partial charge < -0.3 is 9.47 Å². The molecule has 0 aromatic rings. The van der Waals surface area contributed by atoms with Crippen LogP contribution in [-0.2, 0) is 9.47 Å². The average Bonchev–Trinajstić information content (AvgIpc) is 2.85. The Morgan fingerprint density at radius 3 is 1.00 bits per heavy atom. The van der Waals surface area contributed by atoms with Crippen molar-refractivity contribution in [2.24, 2.45) is 0 Å². The van der Waals surface area contributed by atoms with Crippen LogP contribution in [0.2, 0.25) is 0 Å². The predicted octanol–water partition coefficient (Wildman–Crippen LogP) is 3.01. The zero-order valence-electron chi connectivity index (χ0n) is 9.18. The van der Waals surface area contributed by atoms with E-state index in [9.17, 15) is 0 Å². The molecular weight excluding hydrogens is 164 g/mol. The monoisotopic (exact) mass is 188 g/mol. The Hall–Kier alpha value is -0.0800. The molecule has 80 valence electrons. The van der Waals surface area contributed by atoms with Crippen molar-refractivity contribution in [3.05, 3.63) is 0 Å². The van der Waals surface area contributed by atoms with Gasteiger partial charge in [0, 0.05) is 26.4 Å². The second-order valence-corrected chi connectivity index (χ2v) is 3.35. The van der Waals surface area contributed by atoms with Crippen LogP contribution in [0.1, 0.15) is 46.0 Å². The largest absolute Gasteiger partial charge is 0.381 e. The zero-order chi connectivity index (χ0) is 9.78. The summed E-state index contributed by atoms with van der Waals surface area (Å²) < 4.78 is 9.89. The molecule has 2 heterocycles. The number of hydrogen-bond donors (Lipinski definition) is 0. The van der Waals surface area contributed by atoms with Gasteiger partial charge in [0.2, 0.25) is 0 Å². The molecule has 0 saturated carbocycles. The first kappa shape index (κ1) is 12.9. The highest BCUT2D eigenvalue weighted by molar-refractivity contribution is 4.44. The molecule has 2 heteroatoms. The molecule has 2 fully saturated rings. The maximum atomic E-state index is 4.94. The molecule has 0 N–H and O–H groups in total. The number of ether oxygens (including phenoxy) is 2. The van der Waals surface area contributed by atoms with E-state index in [4.69, 9.17) is 9.47 Å². The van der Waals surface area contributed by atoms with Gasteiger partial charge >= 0.3 is 0 Å². The van der Waals surface area contributed by atoms with E-state index < -0.39 is 0 Å². The molecule has 0 amide bonds. The Balaban J connectivity index is 0.000000174. The molecule has 0 aromatic carbocycles. The van der Waals surface area contributed by atoms with Crippen molar-refractivity contribution in [2.45, 2.75) is 46.0 Å². The Bertz CT molecular complexity index is 50.9. The summed E-state index contributed by atoms with van der Waals surface area (Å²) in [6, 6.07) is 0. The summed E-state index contributed by atoms with van der Waals surface area (Å²) in [7, 11) is 0. The number of rotatable bonds is 0. The summed E-state index contributed by atoms with van der Waals surface area (Å²) in [5, 5.41) is 0. The third-order valence-corrected chi connectivity index (χ3v) is 1.65. The van der Waals surface area contributed by atoms with Crippen LogP contribution in [0, 0.1) is 0 Å². The molecule has 0 bridgehead atoms. The Morgan fingerprint density at radius 1 is 0.692 bits per heavy atom. The van der Waals surface area contributed by atoms with E-state index in [0.717, 1.165) is 26.4 Å². The zero-order valence-corrected chi connectivity index (χ0v) is 9.18. The van der Waals surface area contributed by atoms with Gasteiger partial charge in [-0.25, -0.2) is 0 Å². The van der Waals surface area contributed by atoms with Crippen molar-refractivity contribution in [1.29, 1.82) is 0 Å². The number of hydrogen-bond acceptors (Lipinski definition) is 2. The van der Waals surface area contributed by atoms with E-state index in [2.05, 4.69) is 13.8 Å². The van der Waals surface area contributed by atoms with Crippen LogP contribution >= 0.6 is 0 Å². The van der Waals surface area contributed by atoms with Crippen LogP contribution in [0.3, 0.4) is 0 Å². The maximum Gasteiger partial charge on any atom is 0.0466 e. The average molecular weight is 188 g/mol. The lowest BCUT2D eigenvalue weighted by Gasteiger charge is -1.76. The maximum absolute atomic E-state index is 4.94. The molecule has 2 saturated heterocycles. The fourth-order valence-electron chi connectivity index (χ4n) is 1.02. The molecule has 2 rings (SSSR count).